The third-order valence-electron chi connectivity index (χ3n) is 3.14. The van der Waals surface area contributed by atoms with Gasteiger partial charge in [-0.05, 0) is 26.8 Å². The van der Waals surface area contributed by atoms with Gasteiger partial charge in [0.1, 0.15) is 5.58 Å². The van der Waals surface area contributed by atoms with Gasteiger partial charge in [-0.1, -0.05) is 0 Å². The Morgan fingerprint density at radius 2 is 1.89 bits per heavy atom. The number of carboxylic acids is 1. The lowest BCUT2D eigenvalue weighted by Gasteiger charge is -2.05. The maximum Gasteiger partial charge on any atom is 0.371 e. The summed E-state index contributed by atoms with van der Waals surface area (Å²) in [5, 5.41) is 20.4. The number of nitro groups is 1. The molecule has 1 aromatic carbocycles. The molecule has 6 nitrogen and oxygen atoms in total. The van der Waals surface area contributed by atoms with Crippen molar-refractivity contribution in [3.8, 4) is 0 Å². The molecule has 18 heavy (non-hydrogen) atoms. The molecule has 6 heteroatoms. The molecule has 0 radical (unpaired) electrons. The van der Waals surface area contributed by atoms with Gasteiger partial charge in [-0.25, -0.2) is 4.79 Å². The van der Waals surface area contributed by atoms with Crippen molar-refractivity contribution < 1.29 is 19.2 Å². The van der Waals surface area contributed by atoms with Gasteiger partial charge in [0, 0.05) is 22.1 Å². The molecular weight excluding hydrogens is 238 g/mol. The number of nitrogens with zero attached hydrogens (tertiary/aromatic N) is 1. The predicted octanol–water partition coefficient (Wildman–Crippen LogP) is 2.96. The van der Waals surface area contributed by atoms with Gasteiger partial charge in [0.2, 0.25) is 5.76 Å². The van der Waals surface area contributed by atoms with E-state index in [9.17, 15) is 14.9 Å². The molecule has 0 saturated carbocycles. The number of furan rings is 1. The van der Waals surface area contributed by atoms with E-state index >= 15 is 0 Å². The van der Waals surface area contributed by atoms with Crippen LogP contribution in [0.3, 0.4) is 0 Å². The Labute approximate surface area is 102 Å². The van der Waals surface area contributed by atoms with Crippen LogP contribution in [0.25, 0.3) is 11.0 Å². The van der Waals surface area contributed by atoms with Gasteiger partial charge < -0.3 is 9.52 Å². The highest BCUT2D eigenvalue weighted by Gasteiger charge is 2.24. The average Bonchev–Trinajstić information content (AvgIpc) is 2.71. The first-order chi connectivity index (χ1) is 8.34. The van der Waals surface area contributed by atoms with Crippen molar-refractivity contribution in [1.29, 1.82) is 0 Å². The molecule has 1 heterocycles. The monoisotopic (exact) mass is 249 g/mol. The molecule has 2 aromatic rings. The normalized spacial score (nSPS) is 10.8. The zero-order chi connectivity index (χ0) is 13.6. The van der Waals surface area contributed by atoms with Crippen molar-refractivity contribution in [1.82, 2.24) is 0 Å². The van der Waals surface area contributed by atoms with Crippen molar-refractivity contribution in [3.05, 3.63) is 38.6 Å². The number of carboxylic acid groups (broad SMARTS) is 1. The van der Waals surface area contributed by atoms with E-state index in [1.54, 1.807) is 20.8 Å². The minimum absolute atomic E-state index is 0.0118. The molecule has 0 bridgehead atoms. The lowest BCUT2D eigenvalue weighted by Crippen LogP contribution is -1.97. The maximum atomic E-state index is 11.0. The van der Waals surface area contributed by atoms with E-state index in [-0.39, 0.29) is 11.4 Å². The van der Waals surface area contributed by atoms with Crippen molar-refractivity contribution >= 4 is 22.6 Å². The van der Waals surface area contributed by atoms with E-state index in [4.69, 9.17) is 9.52 Å². The molecule has 0 aliphatic heterocycles. The highest BCUT2D eigenvalue weighted by atomic mass is 16.6. The topological polar surface area (TPSA) is 93.6 Å². The molecule has 2 rings (SSSR count). The Morgan fingerprint density at radius 3 is 2.39 bits per heavy atom. The summed E-state index contributed by atoms with van der Waals surface area (Å²) in [5.74, 6) is -1.40. The Bertz CT molecular complexity index is 684. The standard InChI is InChI=1S/C12H11NO5/c1-5-6(2)11-8(4-9(18-11)12(14)15)7(3)10(5)13(16)17/h4H,1-3H3,(H,14,15). The van der Waals surface area contributed by atoms with Gasteiger partial charge in [-0.15, -0.1) is 0 Å². The minimum Gasteiger partial charge on any atom is -0.475 e. The lowest BCUT2D eigenvalue weighted by molar-refractivity contribution is -0.385. The third-order valence-corrected chi connectivity index (χ3v) is 3.14. The van der Waals surface area contributed by atoms with E-state index < -0.39 is 10.9 Å². The first-order valence-corrected chi connectivity index (χ1v) is 5.25. The third kappa shape index (κ3) is 1.54. The summed E-state index contributed by atoms with van der Waals surface area (Å²) in [6.45, 7) is 4.90. The lowest BCUT2D eigenvalue weighted by atomic mass is 9.99. The summed E-state index contributed by atoms with van der Waals surface area (Å²) in [5.41, 5.74) is 1.92. The van der Waals surface area contributed by atoms with Crippen molar-refractivity contribution in [3.63, 3.8) is 0 Å². The van der Waals surface area contributed by atoms with E-state index in [1.165, 1.54) is 6.07 Å². The maximum absolute atomic E-state index is 11.0. The van der Waals surface area contributed by atoms with E-state index in [2.05, 4.69) is 0 Å². The molecule has 0 spiro atoms. The highest BCUT2D eigenvalue weighted by molar-refractivity contribution is 5.96. The van der Waals surface area contributed by atoms with Crippen LogP contribution in [0.4, 0.5) is 5.69 Å². The molecule has 0 aliphatic carbocycles. The summed E-state index contributed by atoms with van der Waals surface area (Å²) in [6.07, 6.45) is 0. The molecule has 0 aliphatic rings. The quantitative estimate of drug-likeness (QED) is 0.652. The summed E-state index contributed by atoms with van der Waals surface area (Å²) < 4.78 is 5.23. The number of nitro benzene ring substituents is 1. The fourth-order valence-corrected chi connectivity index (χ4v) is 2.08. The Morgan fingerprint density at radius 1 is 1.28 bits per heavy atom. The minimum atomic E-state index is -1.19. The second-order valence-electron chi connectivity index (χ2n) is 4.14. The molecule has 0 atom stereocenters. The van der Waals surface area contributed by atoms with Crippen LogP contribution in [0.1, 0.15) is 27.2 Å². The van der Waals surface area contributed by atoms with Crippen LogP contribution >= 0.6 is 0 Å². The molecule has 94 valence electrons. The Hall–Kier alpha value is -2.37. The number of aryl methyl sites for hydroxylation is 2. The first-order valence-electron chi connectivity index (χ1n) is 5.25. The second-order valence-corrected chi connectivity index (χ2v) is 4.14. The highest BCUT2D eigenvalue weighted by Crippen LogP contribution is 2.36. The fraction of sp³-hybridized carbons (Fsp3) is 0.250. The summed E-state index contributed by atoms with van der Waals surface area (Å²) >= 11 is 0. The smallest absolute Gasteiger partial charge is 0.371 e. The fourth-order valence-electron chi connectivity index (χ4n) is 2.08. The summed E-state index contributed by atoms with van der Waals surface area (Å²) in [6, 6.07) is 1.33. The molecule has 0 unspecified atom stereocenters. The van der Waals surface area contributed by atoms with Gasteiger partial charge >= 0.3 is 5.97 Å². The largest absolute Gasteiger partial charge is 0.475 e. The number of hydrogen-bond acceptors (Lipinski definition) is 4. The number of benzene rings is 1. The van der Waals surface area contributed by atoms with E-state index in [1.807, 2.05) is 0 Å². The SMILES string of the molecule is Cc1c([N+](=O)[O-])c(C)c2cc(C(=O)O)oc2c1C. The molecule has 0 fully saturated rings. The molecule has 0 saturated heterocycles. The number of aromatic carboxylic acids is 1. The van der Waals surface area contributed by atoms with Crippen LogP contribution in [0.5, 0.6) is 0 Å². The number of rotatable bonds is 2. The summed E-state index contributed by atoms with van der Waals surface area (Å²) in [7, 11) is 0. The average molecular weight is 249 g/mol. The van der Waals surface area contributed by atoms with Crippen LogP contribution in [-0.4, -0.2) is 16.0 Å². The number of carbonyl (C=O) groups is 1. The first kappa shape index (κ1) is 12.1. The van der Waals surface area contributed by atoms with Gasteiger partial charge in [0.05, 0.1) is 4.92 Å². The van der Waals surface area contributed by atoms with Gasteiger partial charge in [0.25, 0.3) is 5.69 Å². The van der Waals surface area contributed by atoms with Gasteiger partial charge in [0.15, 0.2) is 0 Å². The van der Waals surface area contributed by atoms with E-state index in [0.717, 1.165) is 0 Å². The van der Waals surface area contributed by atoms with Crippen LogP contribution in [-0.2, 0) is 0 Å². The molecular formula is C12H11NO5. The van der Waals surface area contributed by atoms with Crippen molar-refractivity contribution in [2.45, 2.75) is 20.8 Å². The van der Waals surface area contributed by atoms with Gasteiger partial charge in [-0.3, -0.25) is 10.1 Å². The summed E-state index contributed by atoms with van der Waals surface area (Å²) in [4.78, 5) is 21.5. The second kappa shape index (κ2) is 3.83. The van der Waals surface area contributed by atoms with Crippen LogP contribution in [0.2, 0.25) is 0 Å². The van der Waals surface area contributed by atoms with Crippen molar-refractivity contribution in [2.24, 2.45) is 0 Å². The van der Waals surface area contributed by atoms with E-state index in [0.29, 0.717) is 27.7 Å². The van der Waals surface area contributed by atoms with Crippen molar-refractivity contribution in [2.75, 3.05) is 0 Å². The molecule has 1 N–H and O–H groups in total. The van der Waals surface area contributed by atoms with Crippen LogP contribution in [0.15, 0.2) is 10.5 Å². The molecule has 1 aromatic heterocycles. The predicted molar refractivity (Wildman–Crippen MR) is 64.0 cm³/mol. The zero-order valence-corrected chi connectivity index (χ0v) is 10.1. The zero-order valence-electron chi connectivity index (χ0n) is 10.1. The Kier molecular flexibility index (Phi) is 2.58. The number of fused-ring (bicyclic) bond motifs is 1. The van der Waals surface area contributed by atoms with Crippen LogP contribution in [0, 0.1) is 30.9 Å². The number of hydrogen-bond donors (Lipinski definition) is 1. The van der Waals surface area contributed by atoms with Gasteiger partial charge in [-0.2, -0.15) is 0 Å². The molecule has 0 amide bonds. The Balaban J connectivity index is 2.94. The van der Waals surface area contributed by atoms with Crippen LogP contribution < -0.4 is 0 Å².